The molecule has 3 aliphatic rings. The fourth-order valence-corrected chi connectivity index (χ4v) is 7.12. The van der Waals surface area contributed by atoms with Crippen molar-refractivity contribution in [1.29, 1.82) is 0 Å². The van der Waals surface area contributed by atoms with Gasteiger partial charge in [-0.3, -0.25) is 24.2 Å². The Balaban J connectivity index is 1.73. The second-order valence-electron chi connectivity index (χ2n) is 12.3. The lowest BCUT2D eigenvalue weighted by Gasteiger charge is -2.50. The molecule has 0 saturated heterocycles. The molecule has 1 heterocycles. The van der Waals surface area contributed by atoms with Gasteiger partial charge in [0.2, 0.25) is 5.78 Å². The predicted molar refractivity (Wildman–Crippen MR) is 156 cm³/mol. The number of aromatic hydroxyl groups is 1. The molecule has 3 aliphatic carbocycles. The highest BCUT2D eigenvalue weighted by molar-refractivity contribution is 6.24. The molecule has 1 aromatic heterocycles. The minimum absolute atomic E-state index is 0.00837. The Morgan fingerprint density at radius 3 is 2.47 bits per heavy atom. The second-order valence-corrected chi connectivity index (χ2v) is 12.3. The molecule has 8 N–H and O–H groups in total. The van der Waals surface area contributed by atoms with Crippen LogP contribution in [0.15, 0.2) is 46.0 Å². The van der Waals surface area contributed by atoms with Crippen molar-refractivity contribution in [3.8, 4) is 16.9 Å². The summed E-state index contributed by atoms with van der Waals surface area (Å²) in [6, 6.07) is 2.43. The van der Waals surface area contributed by atoms with Gasteiger partial charge in [-0.1, -0.05) is 13.8 Å². The van der Waals surface area contributed by atoms with E-state index in [0.717, 1.165) is 0 Å². The average Bonchev–Trinajstić information content (AvgIpc) is 3.46. The van der Waals surface area contributed by atoms with Crippen LogP contribution in [0.4, 0.5) is 0 Å². The van der Waals surface area contributed by atoms with Gasteiger partial charge in [0.05, 0.1) is 24.1 Å². The highest BCUT2D eigenvalue weighted by atomic mass is 16.3. The number of fused-ring (bicyclic) bond motifs is 3. The largest absolute Gasteiger partial charge is 0.508 e. The molecule has 0 aliphatic heterocycles. The quantitative estimate of drug-likeness (QED) is 0.191. The third-order valence-corrected chi connectivity index (χ3v) is 8.91. The zero-order valence-electron chi connectivity index (χ0n) is 24.6. The van der Waals surface area contributed by atoms with E-state index in [4.69, 9.17) is 15.9 Å². The number of benzene rings is 1. The fraction of sp³-hybridized carbons (Fsp3) is 0.452. The monoisotopic (exact) mass is 594 g/mol. The van der Waals surface area contributed by atoms with Crippen molar-refractivity contribution in [3.05, 3.63) is 58.3 Å². The van der Waals surface area contributed by atoms with Crippen molar-refractivity contribution in [2.75, 3.05) is 27.3 Å². The summed E-state index contributed by atoms with van der Waals surface area (Å²) in [4.78, 5) is 43.1. The van der Waals surface area contributed by atoms with Gasteiger partial charge in [-0.05, 0) is 62.0 Å². The number of ketones is 2. The first-order valence-corrected chi connectivity index (χ1v) is 14.2. The van der Waals surface area contributed by atoms with Gasteiger partial charge in [0.25, 0.3) is 5.91 Å². The van der Waals surface area contributed by atoms with E-state index in [1.54, 1.807) is 26.4 Å². The van der Waals surface area contributed by atoms with Gasteiger partial charge in [0.15, 0.2) is 11.4 Å². The number of carbonyl (C=O) groups is 3. The van der Waals surface area contributed by atoms with Crippen molar-refractivity contribution in [3.63, 3.8) is 0 Å². The molecule has 0 unspecified atom stereocenters. The van der Waals surface area contributed by atoms with Gasteiger partial charge in [-0.15, -0.1) is 0 Å². The van der Waals surface area contributed by atoms with Gasteiger partial charge in [-0.25, -0.2) is 0 Å². The van der Waals surface area contributed by atoms with Crippen LogP contribution >= 0.6 is 0 Å². The van der Waals surface area contributed by atoms with Gasteiger partial charge < -0.3 is 36.3 Å². The number of Topliss-reactive ketones (excluding diaryl/α,β-unsaturated/α-hetero) is 2. The molecule has 1 saturated carbocycles. The molecule has 43 heavy (non-hydrogen) atoms. The number of rotatable bonds is 8. The number of carbonyl (C=O) groups excluding carboxylic acids is 3. The Morgan fingerprint density at radius 1 is 1.21 bits per heavy atom. The molecule has 4 atom stereocenters. The average molecular weight is 595 g/mol. The van der Waals surface area contributed by atoms with Crippen molar-refractivity contribution in [2.45, 2.75) is 44.9 Å². The highest BCUT2D eigenvalue weighted by Gasteiger charge is 2.64. The molecular formula is C31H38N4O8. The Morgan fingerprint density at radius 2 is 1.91 bits per heavy atom. The van der Waals surface area contributed by atoms with Gasteiger partial charge >= 0.3 is 0 Å². The van der Waals surface area contributed by atoms with Crippen molar-refractivity contribution >= 4 is 23.2 Å². The molecule has 5 rings (SSSR count). The Bertz CT molecular complexity index is 1560. The van der Waals surface area contributed by atoms with Gasteiger partial charge in [-0.2, -0.15) is 0 Å². The van der Waals surface area contributed by atoms with E-state index in [2.05, 4.69) is 0 Å². The first-order chi connectivity index (χ1) is 20.2. The number of furan rings is 1. The van der Waals surface area contributed by atoms with E-state index in [0.29, 0.717) is 34.7 Å². The molecule has 230 valence electrons. The number of nitrogens with zero attached hydrogens (tertiary/aromatic N) is 2. The van der Waals surface area contributed by atoms with Crippen LogP contribution in [0.1, 0.15) is 37.0 Å². The molecule has 0 spiro atoms. The number of amides is 1. The standard InChI is InChI=1S/C31H38N4O8/c1-14(2)10-35(13-32)11-17-8-18(15-5-6-43-12-15)19-7-16-9-20-24(34(3)4)27(38)23(30(33)41)29(40)31(20,42)28(39)21(16)26(37)22(19)25(17)36/h5-6,8,12,14,16,20,24,36-37,40,42H,7,9-11,13,32H2,1-4H3,(H2,33,41)/t16-,20-,24-,31-/m0/s1. The van der Waals surface area contributed by atoms with E-state index >= 15 is 0 Å². The number of hydrogen-bond donors (Lipinski definition) is 6. The summed E-state index contributed by atoms with van der Waals surface area (Å²) in [7, 11) is 3.13. The summed E-state index contributed by atoms with van der Waals surface area (Å²) < 4.78 is 5.34. The number of hydrogen-bond acceptors (Lipinski definition) is 11. The molecule has 1 fully saturated rings. The fourth-order valence-electron chi connectivity index (χ4n) is 7.12. The summed E-state index contributed by atoms with van der Waals surface area (Å²) >= 11 is 0. The number of aliphatic hydroxyl groups is 3. The highest BCUT2D eigenvalue weighted by Crippen LogP contribution is 2.54. The molecule has 0 bridgehead atoms. The summed E-state index contributed by atoms with van der Waals surface area (Å²) in [5.41, 5.74) is 10.1. The smallest absolute Gasteiger partial charge is 0.255 e. The second kappa shape index (κ2) is 10.9. The number of aliphatic hydroxyl groups excluding tert-OH is 2. The van der Waals surface area contributed by atoms with Crippen molar-refractivity contribution < 1.29 is 39.2 Å². The molecule has 12 heteroatoms. The van der Waals surface area contributed by atoms with Crippen LogP contribution < -0.4 is 11.5 Å². The number of phenolic OH excluding ortho intramolecular Hbond substituents is 1. The normalized spacial score (nSPS) is 25.5. The van der Waals surface area contributed by atoms with Crippen LogP contribution in [0.3, 0.4) is 0 Å². The van der Waals surface area contributed by atoms with Gasteiger partial charge in [0.1, 0.15) is 22.8 Å². The number of likely N-dealkylation sites (N-methyl/N-ethyl adjacent to an activating group) is 1. The van der Waals surface area contributed by atoms with Gasteiger partial charge in [0, 0.05) is 42.4 Å². The topological polar surface area (TPSA) is 204 Å². The number of primary amides is 1. The van der Waals surface area contributed by atoms with Crippen LogP contribution in [0.2, 0.25) is 0 Å². The van der Waals surface area contributed by atoms with Crippen LogP contribution in [-0.2, 0) is 27.3 Å². The molecule has 1 aromatic carbocycles. The Kier molecular flexibility index (Phi) is 7.76. The summed E-state index contributed by atoms with van der Waals surface area (Å²) in [5, 5.41) is 46.2. The van der Waals surface area contributed by atoms with Crippen LogP contribution in [0.5, 0.6) is 5.75 Å². The minimum atomic E-state index is -2.70. The number of nitrogens with two attached hydrogens (primary N) is 2. The zero-order valence-corrected chi connectivity index (χ0v) is 24.6. The van der Waals surface area contributed by atoms with E-state index in [-0.39, 0.29) is 42.9 Å². The predicted octanol–water partition coefficient (Wildman–Crippen LogP) is 1.60. The lowest BCUT2D eigenvalue weighted by molar-refractivity contribution is -0.153. The third kappa shape index (κ3) is 4.65. The van der Waals surface area contributed by atoms with Crippen molar-refractivity contribution in [2.24, 2.45) is 29.2 Å². The number of phenols is 1. The molecule has 2 aromatic rings. The summed E-state index contributed by atoms with van der Waals surface area (Å²) in [6.45, 7) is 5.21. The summed E-state index contributed by atoms with van der Waals surface area (Å²) in [5.74, 6) is -6.55. The maximum absolute atomic E-state index is 14.2. The molecule has 1 amide bonds. The maximum atomic E-state index is 14.2. The first kappa shape index (κ1) is 30.5. The van der Waals surface area contributed by atoms with E-state index < -0.39 is 58.0 Å². The minimum Gasteiger partial charge on any atom is -0.508 e. The van der Waals surface area contributed by atoms with E-state index in [1.165, 1.54) is 11.2 Å². The molecular weight excluding hydrogens is 556 g/mol. The van der Waals surface area contributed by atoms with Crippen LogP contribution in [-0.4, -0.2) is 86.7 Å². The van der Waals surface area contributed by atoms with Crippen molar-refractivity contribution in [1.82, 2.24) is 9.80 Å². The van der Waals surface area contributed by atoms with E-state index in [9.17, 15) is 34.8 Å². The zero-order chi connectivity index (χ0) is 31.5. The SMILES string of the molecule is CC(C)CN(CN)Cc1cc(-c2ccoc2)c2c(c1O)C(O)=C1C(=O)[C@]3(O)C(O)=C(C(N)=O)C(=O)[C@@H](N(C)C)[C@@H]3C[C@@H]1C2. The van der Waals surface area contributed by atoms with E-state index in [1.807, 2.05) is 24.8 Å². The Labute approximate surface area is 248 Å². The first-order valence-electron chi connectivity index (χ1n) is 14.2. The molecule has 12 nitrogen and oxygen atoms in total. The third-order valence-electron chi connectivity index (χ3n) is 8.91. The Hall–Kier alpha value is -3.97. The lowest BCUT2D eigenvalue weighted by Crippen LogP contribution is -2.65. The molecule has 0 radical (unpaired) electrons. The lowest BCUT2D eigenvalue weighted by atomic mass is 9.57. The summed E-state index contributed by atoms with van der Waals surface area (Å²) in [6.07, 6.45) is 3.24. The maximum Gasteiger partial charge on any atom is 0.255 e. The van der Waals surface area contributed by atoms with Crippen LogP contribution in [0, 0.1) is 17.8 Å². The van der Waals surface area contributed by atoms with Crippen LogP contribution in [0.25, 0.3) is 16.9 Å².